The standard InChI is InChI=1S/C13H11ClN4O/c14-9-3-1-2-4-11(9)19-7-12-17-10-5-8(15)6-16-13(10)18-12/h1-6H,7,15H2,(H,16,17,18). The number of nitrogen functional groups attached to an aromatic ring is 1. The number of ether oxygens (including phenoxy) is 1. The highest BCUT2D eigenvalue weighted by molar-refractivity contribution is 6.32. The van der Waals surface area contributed by atoms with Gasteiger partial charge in [0.1, 0.15) is 18.2 Å². The number of hydrogen-bond donors (Lipinski definition) is 2. The molecule has 96 valence electrons. The van der Waals surface area contributed by atoms with Crippen molar-refractivity contribution in [2.24, 2.45) is 0 Å². The predicted octanol–water partition coefficient (Wildman–Crippen LogP) is 2.77. The first-order chi connectivity index (χ1) is 9.22. The Balaban J connectivity index is 1.80. The van der Waals surface area contributed by atoms with E-state index in [1.807, 2.05) is 12.1 Å². The molecule has 19 heavy (non-hydrogen) atoms. The molecule has 0 aliphatic carbocycles. The highest BCUT2D eigenvalue weighted by Crippen LogP contribution is 2.24. The minimum absolute atomic E-state index is 0.292. The number of para-hydroxylation sites is 1. The van der Waals surface area contributed by atoms with Crippen LogP contribution in [0.4, 0.5) is 5.69 Å². The summed E-state index contributed by atoms with van der Waals surface area (Å²) in [6.07, 6.45) is 1.57. The number of pyridine rings is 1. The molecule has 6 heteroatoms. The molecule has 0 aliphatic rings. The summed E-state index contributed by atoms with van der Waals surface area (Å²) < 4.78 is 5.60. The Morgan fingerprint density at radius 2 is 2.16 bits per heavy atom. The lowest BCUT2D eigenvalue weighted by atomic mass is 10.3. The van der Waals surface area contributed by atoms with Crippen molar-refractivity contribution in [3.05, 3.63) is 47.4 Å². The summed E-state index contributed by atoms with van der Waals surface area (Å²) in [7, 11) is 0. The second-order valence-electron chi connectivity index (χ2n) is 4.04. The van der Waals surface area contributed by atoms with Crippen LogP contribution in [0.1, 0.15) is 5.82 Å². The highest BCUT2D eigenvalue weighted by atomic mass is 35.5. The van der Waals surface area contributed by atoms with Crippen LogP contribution in [0.25, 0.3) is 11.2 Å². The average molecular weight is 275 g/mol. The van der Waals surface area contributed by atoms with Gasteiger partial charge in [-0.15, -0.1) is 0 Å². The molecule has 0 radical (unpaired) electrons. The Morgan fingerprint density at radius 1 is 1.32 bits per heavy atom. The van der Waals surface area contributed by atoms with E-state index in [1.54, 1.807) is 24.4 Å². The number of aromatic amines is 1. The summed E-state index contributed by atoms with van der Waals surface area (Å²) in [4.78, 5) is 11.5. The first-order valence-corrected chi connectivity index (χ1v) is 6.07. The van der Waals surface area contributed by atoms with E-state index in [2.05, 4.69) is 15.0 Å². The van der Waals surface area contributed by atoms with Gasteiger partial charge in [0, 0.05) is 0 Å². The molecule has 0 saturated heterocycles. The lowest BCUT2D eigenvalue weighted by Gasteiger charge is -2.05. The third-order valence-electron chi connectivity index (χ3n) is 2.61. The fraction of sp³-hybridized carbons (Fsp3) is 0.0769. The second kappa shape index (κ2) is 4.78. The molecule has 3 rings (SSSR count). The summed E-state index contributed by atoms with van der Waals surface area (Å²) in [5.74, 6) is 1.30. The van der Waals surface area contributed by atoms with Gasteiger partial charge in [-0.3, -0.25) is 0 Å². The monoisotopic (exact) mass is 274 g/mol. The third kappa shape index (κ3) is 2.46. The van der Waals surface area contributed by atoms with E-state index in [9.17, 15) is 0 Å². The van der Waals surface area contributed by atoms with Crippen LogP contribution in [-0.4, -0.2) is 15.0 Å². The van der Waals surface area contributed by atoms with Gasteiger partial charge in [0.25, 0.3) is 0 Å². The van der Waals surface area contributed by atoms with Crippen molar-refractivity contribution in [2.75, 3.05) is 5.73 Å². The van der Waals surface area contributed by atoms with Crippen molar-refractivity contribution >= 4 is 28.5 Å². The van der Waals surface area contributed by atoms with Crippen molar-refractivity contribution in [1.82, 2.24) is 15.0 Å². The largest absolute Gasteiger partial charge is 0.484 e. The molecule has 0 fully saturated rings. The zero-order valence-corrected chi connectivity index (χ0v) is 10.7. The molecule has 1 aromatic carbocycles. The van der Waals surface area contributed by atoms with Gasteiger partial charge >= 0.3 is 0 Å². The average Bonchev–Trinajstić information content (AvgIpc) is 2.79. The summed E-state index contributed by atoms with van der Waals surface area (Å²) in [5.41, 5.74) is 7.66. The first kappa shape index (κ1) is 11.8. The lowest BCUT2D eigenvalue weighted by Crippen LogP contribution is -1.97. The number of rotatable bonds is 3. The summed E-state index contributed by atoms with van der Waals surface area (Å²) >= 11 is 6.01. The number of aromatic nitrogens is 3. The molecule has 5 nitrogen and oxygen atoms in total. The normalized spacial score (nSPS) is 10.8. The van der Waals surface area contributed by atoms with Crippen molar-refractivity contribution < 1.29 is 4.74 Å². The van der Waals surface area contributed by atoms with Crippen LogP contribution in [0.2, 0.25) is 5.02 Å². The fourth-order valence-electron chi connectivity index (χ4n) is 1.74. The van der Waals surface area contributed by atoms with Gasteiger partial charge in [-0.2, -0.15) is 0 Å². The Morgan fingerprint density at radius 3 is 3.00 bits per heavy atom. The quantitative estimate of drug-likeness (QED) is 0.770. The SMILES string of the molecule is Nc1cnc2nc(COc3ccccc3Cl)[nH]c2c1. The number of anilines is 1. The van der Waals surface area contributed by atoms with E-state index < -0.39 is 0 Å². The van der Waals surface area contributed by atoms with Gasteiger partial charge in [0.05, 0.1) is 22.4 Å². The van der Waals surface area contributed by atoms with Crippen LogP contribution in [0, 0.1) is 0 Å². The van der Waals surface area contributed by atoms with Crippen molar-refractivity contribution in [3.8, 4) is 5.75 Å². The molecule has 3 aromatic rings. The molecule has 0 aliphatic heterocycles. The number of halogens is 1. The molecule has 0 spiro atoms. The fourth-order valence-corrected chi connectivity index (χ4v) is 1.93. The number of hydrogen-bond acceptors (Lipinski definition) is 4. The van der Waals surface area contributed by atoms with Crippen molar-refractivity contribution in [1.29, 1.82) is 0 Å². The molecule has 0 bridgehead atoms. The number of nitrogens with two attached hydrogens (primary N) is 1. The maximum Gasteiger partial charge on any atom is 0.177 e. The molecular formula is C13H11ClN4O. The summed E-state index contributed by atoms with van der Waals surface area (Å²) in [6, 6.07) is 9.08. The van der Waals surface area contributed by atoms with Gasteiger partial charge in [-0.25, -0.2) is 9.97 Å². The Bertz CT molecular complexity index is 725. The van der Waals surface area contributed by atoms with Crippen LogP contribution >= 0.6 is 11.6 Å². The lowest BCUT2D eigenvalue weighted by molar-refractivity contribution is 0.297. The molecule has 0 atom stereocenters. The summed E-state index contributed by atoms with van der Waals surface area (Å²) in [5, 5.41) is 0.570. The molecule has 0 unspecified atom stereocenters. The smallest absolute Gasteiger partial charge is 0.177 e. The van der Waals surface area contributed by atoms with Gasteiger partial charge in [0.15, 0.2) is 5.65 Å². The van der Waals surface area contributed by atoms with Crippen LogP contribution < -0.4 is 10.5 Å². The first-order valence-electron chi connectivity index (χ1n) is 5.70. The van der Waals surface area contributed by atoms with E-state index >= 15 is 0 Å². The van der Waals surface area contributed by atoms with E-state index in [4.69, 9.17) is 22.1 Å². The predicted molar refractivity (Wildman–Crippen MR) is 74.1 cm³/mol. The highest BCUT2D eigenvalue weighted by Gasteiger charge is 2.06. The van der Waals surface area contributed by atoms with Crippen LogP contribution in [-0.2, 0) is 6.61 Å². The zero-order valence-electron chi connectivity index (χ0n) is 9.93. The molecule has 3 N–H and O–H groups in total. The number of H-pyrrole nitrogens is 1. The maximum absolute atomic E-state index is 6.01. The maximum atomic E-state index is 6.01. The van der Waals surface area contributed by atoms with Gasteiger partial charge in [0.2, 0.25) is 0 Å². The van der Waals surface area contributed by atoms with Gasteiger partial charge in [-0.1, -0.05) is 23.7 Å². The number of nitrogens with one attached hydrogen (secondary N) is 1. The molecular weight excluding hydrogens is 264 g/mol. The van der Waals surface area contributed by atoms with E-state index in [1.165, 1.54) is 0 Å². The number of imidazole rings is 1. The van der Waals surface area contributed by atoms with Crippen molar-refractivity contribution in [2.45, 2.75) is 6.61 Å². The number of benzene rings is 1. The van der Waals surface area contributed by atoms with E-state index in [-0.39, 0.29) is 0 Å². The minimum Gasteiger partial charge on any atom is -0.484 e. The molecule has 2 aromatic heterocycles. The van der Waals surface area contributed by atoms with E-state index in [0.29, 0.717) is 34.5 Å². The minimum atomic E-state index is 0.292. The van der Waals surface area contributed by atoms with Crippen molar-refractivity contribution in [3.63, 3.8) is 0 Å². The molecule has 2 heterocycles. The Labute approximate surface area is 114 Å². The van der Waals surface area contributed by atoms with Crippen LogP contribution in [0.5, 0.6) is 5.75 Å². The second-order valence-corrected chi connectivity index (χ2v) is 4.45. The van der Waals surface area contributed by atoms with Crippen LogP contribution in [0.3, 0.4) is 0 Å². The zero-order chi connectivity index (χ0) is 13.2. The molecule has 0 saturated carbocycles. The van der Waals surface area contributed by atoms with Gasteiger partial charge < -0.3 is 15.5 Å². The molecule has 0 amide bonds. The van der Waals surface area contributed by atoms with Crippen LogP contribution in [0.15, 0.2) is 36.5 Å². The van der Waals surface area contributed by atoms with E-state index in [0.717, 1.165) is 5.52 Å². The number of fused-ring (bicyclic) bond motifs is 1. The Hall–Kier alpha value is -2.27. The summed E-state index contributed by atoms with van der Waals surface area (Å²) in [6.45, 7) is 0.292. The van der Waals surface area contributed by atoms with Gasteiger partial charge in [-0.05, 0) is 18.2 Å². The third-order valence-corrected chi connectivity index (χ3v) is 2.92. The number of nitrogens with zero attached hydrogens (tertiary/aromatic N) is 2. The topological polar surface area (TPSA) is 76.8 Å². The Kier molecular flexibility index (Phi) is 2.97.